The van der Waals surface area contributed by atoms with Crippen molar-refractivity contribution in [1.82, 2.24) is 0 Å². The summed E-state index contributed by atoms with van der Waals surface area (Å²) in [7, 11) is 0.902. The van der Waals surface area contributed by atoms with E-state index in [9.17, 15) is 52.7 Å². The fourth-order valence-corrected chi connectivity index (χ4v) is 5.85. The lowest BCUT2D eigenvalue weighted by atomic mass is 9.75. The first-order chi connectivity index (χ1) is 19.3. The predicted octanol–water partition coefficient (Wildman–Crippen LogP) is 8.90. The van der Waals surface area contributed by atoms with Crippen LogP contribution in [0.25, 0.3) is 0 Å². The third kappa shape index (κ3) is 4.23. The Morgan fingerprint density at radius 3 is 1.74 bits per heavy atom. The molecule has 14 heteroatoms. The molecule has 2 aromatic carbocycles. The maximum absolute atomic E-state index is 14.6. The first-order valence-corrected chi connectivity index (χ1v) is 12.5. The van der Waals surface area contributed by atoms with Crippen LogP contribution in [-0.4, -0.2) is 48.6 Å². The predicted molar refractivity (Wildman–Crippen MR) is 131 cm³/mol. The molecular weight excluding hydrogens is 592 g/mol. The Kier molecular flexibility index (Phi) is 7.56. The number of fused-ring (bicyclic) bond motifs is 2. The van der Waals surface area contributed by atoms with E-state index in [0.29, 0.717) is 35.3 Å². The van der Waals surface area contributed by atoms with Crippen LogP contribution in [0, 0.1) is 0 Å². The van der Waals surface area contributed by atoms with Crippen LogP contribution in [0.5, 0.6) is 0 Å². The Hall–Kier alpha value is -3.45. The Labute approximate surface area is 232 Å². The Balaban J connectivity index is 2.02. The van der Waals surface area contributed by atoms with Gasteiger partial charge in [-0.1, -0.05) is 55.8 Å². The number of anilines is 1. The number of rotatable bonds is 5. The van der Waals surface area contributed by atoms with Crippen molar-refractivity contribution in [2.75, 3.05) is 18.5 Å². The quantitative estimate of drug-likeness (QED) is 0.241. The molecule has 228 valence electrons. The number of para-hydroxylation sites is 2. The summed E-state index contributed by atoms with van der Waals surface area (Å²) in [6.07, 6.45) is -22.4. The van der Waals surface area contributed by atoms with Gasteiger partial charge in [-0.05, 0) is 18.6 Å². The topological polar surface area (TPSA) is 6.25 Å². The molecule has 0 saturated carbocycles. The molecule has 0 fully saturated rings. The molecule has 2 aliphatic rings. The molecule has 0 spiro atoms. The summed E-state index contributed by atoms with van der Waals surface area (Å²) in [5.74, 6) is 0. The Morgan fingerprint density at radius 2 is 1.21 bits per heavy atom. The van der Waals surface area contributed by atoms with E-state index in [2.05, 4.69) is 0 Å². The number of hydrogen-bond donors (Lipinski definition) is 0. The Bertz CT molecular complexity index is 1410. The zero-order valence-corrected chi connectivity index (χ0v) is 21.9. The average Bonchev–Trinajstić information content (AvgIpc) is 3.30. The first kappa shape index (κ1) is 31.5. The van der Waals surface area contributed by atoms with E-state index in [-0.39, 0.29) is 19.0 Å². The first-order valence-electron chi connectivity index (χ1n) is 12.5. The van der Waals surface area contributed by atoms with Crippen LogP contribution < -0.4 is 4.90 Å². The van der Waals surface area contributed by atoms with Gasteiger partial charge in [0.25, 0.3) is 5.41 Å². The van der Waals surface area contributed by atoms with Crippen LogP contribution in [0.1, 0.15) is 30.9 Å². The summed E-state index contributed by atoms with van der Waals surface area (Å²) < 4.78 is 175. The summed E-state index contributed by atoms with van der Waals surface area (Å²) in [4.78, 5) is 0.767. The van der Waals surface area contributed by atoms with Gasteiger partial charge in [-0.15, -0.1) is 0 Å². The molecule has 0 N–H and O–H groups in total. The van der Waals surface area contributed by atoms with Crippen molar-refractivity contribution in [2.45, 2.75) is 55.3 Å². The lowest BCUT2D eigenvalue weighted by Crippen LogP contribution is -2.58. The molecule has 2 aliphatic heterocycles. The van der Waals surface area contributed by atoms with Crippen molar-refractivity contribution < 1.29 is 57.3 Å². The number of nitrogens with zero attached hydrogens (tertiary/aromatic N) is 2. The van der Waals surface area contributed by atoms with Gasteiger partial charge in [-0.25, -0.2) is 0 Å². The number of unbranched alkanes of at least 4 members (excludes halogenated alkanes) is 1. The second-order valence-corrected chi connectivity index (χ2v) is 9.89. The monoisotopic (exact) mass is 615 g/mol. The molecule has 0 amide bonds. The van der Waals surface area contributed by atoms with Crippen LogP contribution in [0.15, 0.2) is 72.5 Å². The molecule has 0 saturated heterocycles. The minimum atomic E-state index is -5.97. The molecule has 0 atom stereocenters. The largest absolute Gasteiger partial charge is 0.417 e. The summed E-state index contributed by atoms with van der Waals surface area (Å²) >= 11 is 0. The SMILES string of the molecule is CCCCN1C(=CC=CC2=[N+](C)c3ccccc3C2(C(F)(F)F)C(F)(F)F)C(C(F)(F)F)(C(F)(F)F)c2ccccc21. The van der Waals surface area contributed by atoms with Crippen LogP contribution in [0.2, 0.25) is 0 Å². The smallest absolute Gasteiger partial charge is 0.343 e. The molecule has 2 heterocycles. The fraction of sp³-hybridized carbons (Fsp3) is 0.393. The van der Waals surface area contributed by atoms with Gasteiger partial charge in [-0.2, -0.15) is 57.3 Å². The standard InChI is InChI=1S/C28H23F12N2/c1-3-4-16-42-20-13-8-6-11-18(20)24(27(35,36)37,28(38,39)40)22(42)15-9-14-21-23(25(29,30)31,26(32,33)34)17-10-5-7-12-19(17)41(21)2/h5-15H,3-4,16H2,1-2H3/q+1. The second kappa shape index (κ2) is 10.1. The average molecular weight is 615 g/mol. The second-order valence-electron chi connectivity index (χ2n) is 9.89. The van der Waals surface area contributed by atoms with E-state index < -0.39 is 69.4 Å². The Morgan fingerprint density at radius 1 is 0.714 bits per heavy atom. The van der Waals surface area contributed by atoms with Crippen molar-refractivity contribution in [2.24, 2.45) is 0 Å². The summed E-state index contributed by atoms with van der Waals surface area (Å²) in [5.41, 5.74) is -15.2. The van der Waals surface area contributed by atoms with Crippen LogP contribution in [0.3, 0.4) is 0 Å². The number of hydrogen-bond acceptors (Lipinski definition) is 1. The molecule has 0 bridgehead atoms. The van der Waals surface area contributed by atoms with Crippen LogP contribution in [0.4, 0.5) is 64.1 Å². The van der Waals surface area contributed by atoms with Crippen molar-refractivity contribution in [3.8, 4) is 0 Å². The van der Waals surface area contributed by atoms with E-state index in [1.54, 1.807) is 6.92 Å². The van der Waals surface area contributed by atoms with Crippen molar-refractivity contribution in [3.05, 3.63) is 83.6 Å². The highest BCUT2D eigenvalue weighted by Crippen LogP contribution is 2.63. The van der Waals surface area contributed by atoms with E-state index in [4.69, 9.17) is 0 Å². The minimum Gasteiger partial charge on any atom is -0.343 e. The van der Waals surface area contributed by atoms with E-state index in [1.807, 2.05) is 0 Å². The maximum atomic E-state index is 14.6. The zero-order valence-electron chi connectivity index (χ0n) is 21.9. The summed E-state index contributed by atoms with van der Waals surface area (Å²) in [5, 5.41) is 0. The number of allylic oxidation sites excluding steroid dienone is 4. The molecule has 4 rings (SSSR count). The molecular formula is C28H23F12N2+. The number of alkyl halides is 12. The van der Waals surface area contributed by atoms with Gasteiger partial charge in [0.2, 0.25) is 16.8 Å². The molecule has 2 nitrogen and oxygen atoms in total. The fourth-order valence-electron chi connectivity index (χ4n) is 5.85. The van der Waals surface area contributed by atoms with Crippen molar-refractivity contribution in [1.29, 1.82) is 0 Å². The lowest BCUT2D eigenvalue weighted by molar-refractivity contribution is -0.405. The van der Waals surface area contributed by atoms with Crippen molar-refractivity contribution in [3.63, 3.8) is 0 Å². The van der Waals surface area contributed by atoms with Crippen LogP contribution in [-0.2, 0) is 10.8 Å². The van der Waals surface area contributed by atoms with Gasteiger partial charge in [0, 0.05) is 35.6 Å². The molecule has 0 aliphatic carbocycles. The molecule has 42 heavy (non-hydrogen) atoms. The maximum Gasteiger partial charge on any atom is 0.417 e. The normalized spacial score (nSPS) is 19.7. The van der Waals surface area contributed by atoms with Gasteiger partial charge in [-0.3, -0.25) is 0 Å². The highest BCUT2D eigenvalue weighted by molar-refractivity contribution is 6.05. The molecule has 2 aromatic rings. The highest BCUT2D eigenvalue weighted by atomic mass is 19.4. The molecule has 0 aromatic heterocycles. The van der Waals surface area contributed by atoms with Crippen LogP contribution >= 0.6 is 0 Å². The number of benzene rings is 2. The zero-order chi connectivity index (χ0) is 31.5. The number of halogens is 12. The summed E-state index contributed by atoms with van der Waals surface area (Å²) in [6.45, 7) is 1.32. The third-order valence-electron chi connectivity index (χ3n) is 7.63. The van der Waals surface area contributed by atoms with E-state index in [1.165, 1.54) is 12.1 Å². The van der Waals surface area contributed by atoms with Gasteiger partial charge < -0.3 is 4.90 Å². The molecule has 0 radical (unpaired) electrons. The van der Waals surface area contributed by atoms with Gasteiger partial charge >= 0.3 is 24.7 Å². The van der Waals surface area contributed by atoms with Gasteiger partial charge in [0.15, 0.2) is 0 Å². The van der Waals surface area contributed by atoms with E-state index >= 15 is 0 Å². The lowest BCUT2D eigenvalue weighted by Gasteiger charge is -2.36. The third-order valence-corrected chi connectivity index (χ3v) is 7.63. The van der Waals surface area contributed by atoms with Gasteiger partial charge in [0.1, 0.15) is 7.05 Å². The van der Waals surface area contributed by atoms with Gasteiger partial charge in [0.05, 0.1) is 5.56 Å². The highest BCUT2D eigenvalue weighted by Gasteiger charge is 2.80. The molecule has 0 unspecified atom stereocenters. The minimum absolute atomic E-state index is 0.141. The van der Waals surface area contributed by atoms with Crippen molar-refractivity contribution >= 4 is 17.1 Å². The van der Waals surface area contributed by atoms with E-state index in [0.717, 1.165) is 36.2 Å². The summed E-state index contributed by atoms with van der Waals surface area (Å²) in [6, 6.07) is 7.73.